The van der Waals surface area contributed by atoms with E-state index in [4.69, 9.17) is 5.21 Å². The van der Waals surface area contributed by atoms with Crippen molar-refractivity contribution in [3.63, 3.8) is 0 Å². The van der Waals surface area contributed by atoms with Crippen LogP contribution in [0.4, 0.5) is 0 Å². The summed E-state index contributed by atoms with van der Waals surface area (Å²) in [6.07, 6.45) is 1.67. The quantitative estimate of drug-likeness (QED) is 0.336. The molecule has 0 fully saturated rings. The minimum Gasteiger partial charge on any atom is -0.411 e. The normalized spacial score (nSPS) is 11.5. The molecule has 0 bridgehead atoms. The topological polar surface area (TPSA) is 100.0 Å². The number of aryl methyl sites for hydroxylation is 1. The highest BCUT2D eigenvalue weighted by Gasteiger charge is 2.14. The van der Waals surface area contributed by atoms with Crippen LogP contribution in [0, 0.1) is 18.3 Å². The van der Waals surface area contributed by atoms with Crippen molar-refractivity contribution in [2.45, 2.75) is 13.8 Å². The van der Waals surface area contributed by atoms with Gasteiger partial charge in [0, 0.05) is 16.6 Å². The predicted octanol–water partition coefficient (Wildman–Crippen LogP) is 3.86. The molecular formula is C21H16N6O. The lowest BCUT2D eigenvalue weighted by molar-refractivity contribution is 0.319. The average Bonchev–Trinajstić information content (AvgIpc) is 3.16. The second-order valence-electron chi connectivity index (χ2n) is 6.36. The highest BCUT2D eigenvalue weighted by molar-refractivity contribution is 5.97. The van der Waals surface area contributed by atoms with E-state index in [1.54, 1.807) is 29.9 Å². The van der Waals surface area contributed by atoms with Crippen LogP contribution in [0.3, 0.4) is 0 Å². The van der Waals surface area contributed by atoms with Crippen LogP contribution in [0.25, 0.3) is 28.0 Å². The van der Waals surface area contributed by atoms with E-state index < -0.39 is 0 Å². The number of fused-ring (bicyclic) bond motifs is 1. The molecule has 4 rings (SSSR count). The van der Waals surface area contributed by atoms with E-state index in [2.05, 4.69) is 26.3 Å². The molecule has 3 heterocycles. The number of benzene rings is 1. The van der Waals surface area contributed by atoms with Crippen LogP contribution in [-0.4, -0.2) is 30.7 Å². The van der Waals surface area contributed by atoms with Crippen LogP contribution in [-0.2, 0) is 0 Å². The summed E-state index contributed by atoms with van der Waals surface area (Å²) in [6, 6.07) is 17.1. The molecule has 3 aromatic heterocycles. The minimum atomic E-state index is 0.414. The Bertz CT molecular complexity index is 1270. The van der Waals surface area contributed by atoms with Gasteiger partial charge in [-0.2, -0.15) is 10.4 Å². The highest BCUT2D eigenvalue weighted by Crippen LogP contribution is 2.28. The van der Waals surface area contributed by atoms with Crippen molar-refractivity contribution < 1.29 is 5.21 Å². The number of hydrogen-bond acceptors (Lipinski definition) is 6. The predicted molar refractivity (Wildman–Crippen MR) is 106 cm³/mol. The Morgan fingerprint density at radius 1 is 1.14 bits per heavy atom. The fraction of sp³-hybridized carbons (Fsp3) is 0.0952. The molecule has 0 atom stereocenters. The van der Waals surface area contributed by atoms with Gasteiger partial charge in [-0.05, 0) is 50.2 Å². The molecule has 7 heteroatoms. The minimum absolute atomic E-state index is 0.414. The molecule has 1 N–H and O–H groups in total. The standard InChI is InChI=1S/C21H16N6O/c1-13-5-3-8-21(24-13)27-20-10-15(9-16(11-22)17(20)12-23-27)19-7-4-6-18(25-19)14(2)26-28/h3-10,12,28H,1-2H3/b26-14-. The molecule has 0 aliphatic carbocycles. The first-order valence-corrected chi connectivity index (χ1v) is 8.63. The second kappa shape index (κ2) is 6.93. The molecule has 136 valence electrons. The lowest BCUT2D eigenvalue weighted by atomic mass is 10.0. The Morgan fingerprint density at radius 3 is 2.71 bits per heavy atom. The first kappa shape index (κ1) is 17.4. The average molecular weight is 368 g/mol. The molecule has 0 radical (unpaired) electrons. The first-order valence-electron chi connectivity index (χ1n) is 8.63. The van der Waals surface area contributed by atoms with Gasteiger partial charge in [0.1, 0.15) is 5.71 Å². The molecule has 0 saturated heterocycles. The maximum atomic E-state index is 9.64. The van der Waals surface area contributed by atoms with Crippen molar-refractivity contribution in [1.82, 2.24) is 19.7 Å². The molecule has 0 saturated carbocycles. The SMILES string of the molecule is C/C(=N/O)c1cccc(-c2cc(C#N)c3cnn(-c4cccc(C)n4)c3c2)n1. The molecule has 4 aromatic rings. The summed E-state index contributed by atoms with van der Waals surface area (Å²) < 4.78 is 1.72. The number of rotatable bonds is 3. The molecule has 0 unspecified atom stereocenters. The third-order valence-corrected chi connectivity index (χ3v) is 4.47. The van der Waals surface area contributed by atoms with Gasteiger partial charge in [-0.1, -0.05) is 17.3 Å². The number of oxime groups is 1. The van der Waals surface area contributed by atoms with Crippen LogP contribution in [0.5, 0.6) is 0 Å². The smallest absolute Gasteiger partial charge is 0.154 e. The lowest BCUT2D eigenvalue weighted by Crippen LogP contribution is -2.01. The third kappa shape index (κ3) is 2.97. The molecular weight excluding hydrogens is 352 g/mol. The summed E-state index contributed by atoms with van der Waals surface area (Å²) in [5.74, 6) is 0.681. The van der Waals surface area contributed by atoms with E-state index >= 15 is 0 Å². The monoisotopic (exact) mass is 368 g/mol. The fourth-order valence-corrected chi connectivity index (χ4v) is 3.04. The van der Waals surface area contributed by atoms with E-state index in [1.165, 1.54) is 0 Å². The molecule has 0 amide bonds. The van der Waals surface area contributed by atoms with Crippen LogP contribution in [0.1, 0.15) is 23.9 Å². The number of nitrogens with zero attached hydrogens (tertiary/aromatic N) is 6. The molecule has 7 nitrogen and oxygen atoms in total. The highest BCUT2D eigenvalue weighted by atomic mass is 16.4. The van der Waals surface area contributed by atoms with Crippen molar-refractivity contribution in [3.05, 3.63) is 71.7 Å². The first-order chi connectivity index (χ1) is 13.6. The van der Waals surface area contributed by atoms with Crippen LogP contribution in [0.15, 0.2) is 59.9 Å². The molecule has 28 heavy (non-hydrogen) atoms. The van der Waals surface area contributed by atoms with E-state index in [0.29, 0.717) is 28.5 Å². The Kier molecular flexibility index (Phi) is 4.30. The second-order valence-corrected chi connectivity index (χ2v) is 6.36. The number of hydrogen-bond donors (Lipinski definition) is 1. The van der Waals surface area contributed by atoms with Crippen molar-refractivity contribution in [2.24, 2.45) is 5.16 Å². The Balaban J connectivity index is 1.94. The summed E-state index contributed by atoms with van der Waals surface area (Å²) in [7, 11) is 0. The largest absolute Gasteiger partial charge is 0.411 e. The zero-order chi connectivity index (χ0) is 19.7. The fourth-order valence-electron chi connectivity index (χ4n) is 3.04. The van der Waals surface area contributed by atoms with E-state index in [0.717, 1.165) is 22.2 Å². The summed E-state index contributed by atoms with van der Waals surface area (Å²) >= 11 is 0. The zero-order valence-electron chi connectivity index (χ0n) is 15.3. The molecule has 0 aliphatic heterocycles. The van der Waals surface area contributed by atoms with Gasteiger partial charge in [-0.3, -0.25) is 0 Å². The van der Waals surface area contributed by atoms with Gasteiger partial charge in [0.05, 0.1) is 34.7 Å². The van der Waals surface area contributed by atoms with E-state index in [1.807, 2.05) is 43.3 Å². The van der Waals surface area contributed by atoms with Crippen LogP contribution >= 0.6 is 0 Å². The van der Waals surface area contributed by atoms with Gasteiger partial charge in [-0.25, -0.2) is 14.6 Å². The molecule has 1 aromatic carbocycles. The van der Waals surface area contributed by atoms with Crippen LogP contribution < -0.4 is 0 Å². The van der Waals surface area contributed by atoms with E-state index in [9.17, 15) is 5.26 Å². The van der Waals surface area contributed by atoms with Gasteiger partial charge in [0.2, 0.25) is 0 Å². The number of pyridine rings is 2. The number of aromatic nitrogens is 4. The van der Waals surface area contributed by atoms with Gasteiger partial charge < -0.3 is 5.21 Å². The maximum absolute atomic E-state index is 9.64. The van der Waals surface area contributed by atoms with Gasteiger partial charge in [0.25, 0.3) is 0 Å². The van der Waals surface area contributed by atoms with Crippen molar-refractivity contribution in [3.8, 4) is 23.1 Å². The summed E-state index contributed by atoms with van der Waals surface area (Å²) in [5, 5.41) is 27.1. The Hall–Kier alpha value is -4.05. The van der Waals surface area contributed by atoms with Gasteiger partial charge in [0.15, 0.2) is 5.82 Å². The summed E-state index contributed by atoms with van der Waals surface area (Å²) in [4.78, 5) is 9.08. The zero-order valence-corrected chi connectivity index (χ0v) is 15.3. The Morgan fingerprint density at radius 2 is 1.96 bits per heavy atom. The van der Waals surface area contributed by atoms with Crippen molar-refractivity contribution in [2.75, 3.05) is 0 Å². The van der Waals surface area contributed by atoms with Gasteiger partial charge in [-0.15, -0.1) is 0 Å². The van der Waals surface area contributed by atoms with Crippen molar-refractivity contribution >= 4 is 16.6 Å². The molecule has 0 spiro atoms. The van der Waals surface area contributed by atoms with E-state index in [-0.39, 0.29) is 0 Å². The third-order valence-electron chi connectivity index (χ3n) is 4.47. The Labute approximate surface area is 161 Å². The number of nitriles is 1. The van der Waals surface area contributed by atoms with Crippen molar-refractivity contribution in [1.29, 1.82) is 5.26 Å². The lowest BCUT2D eigenvalue weighted by Gasteiger charge is -2.08. The molecule has 0 aliphatic rings. The summed E-state index contributed by atoms with van der Waals surface area (Å²) in [5.41, 5.74) is 4.57. The van der Waals surface area contributed by atoms with Gasteiger partial charge >= 0.3 is 0 Å². The maximum Gasteiger partial charge on any atom is 0.154 e. The van der Waals surface area contributed by atoms with Crippen LogP contribution in [0.2, 0.25) is 0 Å². The summed E-state index contributed by atoms with van der Waals surface area (Å²) in [6.45, 7) is 3.59.